The lowest BCUT2D eigenvalue weighted by atomic mass is 10.2. The highest BCUT2D eigenvalue weighted by Gasteiger charge is 2.04. The molecule has 0 saturated heterocycles. The average molecular weight is 218 g/mol. The van der Waals surface area contributed by atoms with Crippen molar-refractivity contribution in [3.8, 4) is 5.75 Å². The molecule has 0 spiro atoms. The number of aryl methyl sites for hydroxylation is 1. The average Bonchev–Trinajstić information content (AvgIpc) is 2.67. The number of carbonyl (C=O) groups is 1. The third-order valence-corrected chi connectivity index (χ3v) is 2.45. The molecule has 0 radical (unpaired) electrons. The molecule has 0 aliphatic heterocycles. The van der Waals surface area contributed by atoms with Gasteiger partial charge in [-0.15, -0.1) is 0 Å². The quantitative estimate of drug-likeness (QED) is 0.854. The van der Waals surface area contributed by atoms with Gasteiger partial charge >= 0.3 is 0 Å². The molecule has 1 aromatic carbocycles. The maximum atomic E-state index is 10.9. The number of fused-ring (bicyclic) bond motifs is 1. The number of aromatic amines is 1. The molecular formula is C12H14N2O2. The summed E-state index contributed by atoms with van der Waals surface area (Å²) in [5.74, 6) is 1.82. The number of imidazole rings is 1. The summed E-state index contributed by atoms with van der Waals surface area (Å²) >= 11 is 0. The molecule has 0 bridgehead atoms. The molecule has 2 rings (SSSR count). The van der Waals surface area contributed by atoms with Gasteiger partial charge in [-0.25, -0.2) is 4.98 Å². The van der Waals surface area contributed by atoms with Gasteiger partial charge in [0.15, 0.2) is 0 Å². The summed E-state index contributed by atoms with van der Waals surface area (Å²) in [6.07, 6.45) is 1.18. The van der Waals surface area contributed by atoms with Gasteiger partial charge in [0, 0.05) is 18.9 Å². The lowest BCUT2D eigenvalue weighted by molar-refractivity contribution is -0.117. The van der Waals surface area contributed by atoms with Gasteiger partial charge in [-0.3, -0.25) is 0 Å². The first kappa shape index (κ1) is 10.7. The highest BCUT2D eigenvalue weighted by molar-refractivity contribution is 5.78. The molecular weight excluding hydrogens is 204 g/mol. The molecule has 0 unspecified atom stereocenters. The normalized spacial score (nSPS) is 10.6. The molecule has 0 fully saturated rings. The van der Waals surface area contributed by atoms with Crippen LogP contribution in [-0.4, -0.2) is 22.9 Å². The second kappa shape index (κ2) is 4.35. The van der Waals surface area contributed by atoms with Gasteiger partial charge in [0.25, 0.3) is 0 Å². The fourth-order valence-corrected chi connectivity index (χ4v) is 1.58. The number of carbonyl (C=O) groups excluding carboxylic acids is 1. The molecule has 1 heterocycles. The third kappa shape index (κ3) is 2.21. The summed E-state index contributed by atoms with van der Waals surface area (Å²) in [7, 11) is 1.63. The predicted octanol–water partition coefficient (Wildman–Crippen LogP) is 2.09. The van der Waals surface area contributed by atoms with E-state index in [4.69, 9.17) is 4.74 Å². The van der Waals surface area contributed by atoms with Gasteiger partial charge in [0.2, 0.25) is 0 Å². The van der Waals surface area contributed by atoms with E-state index < -0.39 is 0 Å². The second-order valence-electron chi connectivity index (χ2n) is 3.77. The zero-order valence-corrected chi connectivity index (χ0v) is 9.41. The van der Waals surface area contributed by atoms with Crippen molar-refractivity contribution >= 4 is 16.8 Å². The fraction of sp³-hybridized carbons (Fsp3) is 0.333. The molecule has 0 aliphatic rings. The summed E-state index contributed by atoms with van der Waals surface area (Å²) in [5, 5.41) is 0. The molecule has 0 aliphatic carbocycles. The lowest BCUT2D eigenvalue weighted by Gasteiger charge is -1.96. The summed E-state index contributed by atoms with van der Waals surface area (Å²) in [5.41, 5.74) is 1.84. The molecule has 4 heteroatoms. The molecule has 1 N–H and O–H groups in total. The Balaban J connectivity index is 2.25. The number of hydrogen-bond donors (Lipinski definition) is 1. The summed E-state index contributed by atoms with van der Waals surface area (Å²) < 4.78 is 5.13. The first-order valence-corrected chi connectivity index (χ1v) is 5.21. The Hall–Kier alpha value is -1.84. The zero-order valence-electron chi connectivity index (χ0n) is 9.41. The highest BCUT2D eigenvalue weighted by Crippen LogP contribution is 2.19. The zero-order chi connectivity index (χ0) is 11.5. The van der Waals surface area contributed by atoms with E-state index >= 15 is 0 Å². The number of nitrogens with one attached hydrogen (secondary N) is 1. The Labute approximate surface area is 93.6 Å². The fourth-order valence-electron chi connectivity index (χ4n) is 1.58. The molecule has 84 valence electrons. The van der Waals surface area contributed by atoms with Gasteiger partial charge in [0.05, 0.1) is 18.1 Å². The smallest absolute Gasteiger partial charge is 0.130 e. The van der Waals surface area contributed by atoms with Crippen LogP contribution in [0.5, 0.6) is 5.75 Å². The number of methoxy groups -OCH3 is 1. The minimum Gasteiger partial charge on any atom is -0.497 e. The number of H-pyrrole nitrogens is 1. The van der Waals surface area contributed by atoms with Crippen molar-refractivity contribution in [3.05, 3.63) is 24.0 Å². The standard InChI is InChI=1S/C12H14N2O2/c1-8(15)3-6-12-13-10-5-4-9(16-2)7-11(10)14-12/h4-5,7H,3,6H2,1-2H3,(H,13,14). The number of ketones is 1. The van der Waals surface area contributed by atoms with Crippen LogP contribution in [0.4, 0.5) is 0 Å². The molecule has 2 aromatic rings. The SMILES string of the molecule is COc1ccc2nc(CCC(C)=O)[nH]c2c1. The number of rotatable bonds is 4. The van der Waals surface area contributed by atoms with Crippen molar-refractivity contribution in [1.82, 2.24) is 9.97 Å². The van der Waals surface area contributed by atoms with Crippen molar-refractivity contribution < 1.29 is 9.53 Å². The number of aromatic nitrogens is 2. The Morgan fingerprint density at radius 2 is 2.31 bits per heavy atom. The van der Waals surface area contributed by atoms with E-state index in [0.29, 0.717) is 12.8 Å². The van der Waals surface area contributed by atoms with E-state index in [1.165, 1.54) is 0 Å². The summed E-state index contributed by atoms with van der Waals surface area (Å²) in [6, 6.07) is 5.68. The van der Waals surface area contributed by atoms with Crippen molar-refractivity contribution in [2.24, 2.45) is 0 Å². The van der Waals surface area contributed by atoms with Crippen molar-refractivity contribution in [3.63, 3.8) is 0 Å². The monoisotopic (exact) mass is 218 g/mol. The Morgan fingerprint density at radius 3 is 3.00 bits per heavy atom. The van der Waals surface area contributed by atoms with Gasteiger partial charge in [-0.2, -0.15) is 0 Å². The minimum atomic E-state index is 0.179. The second-order valence-corrected chi connectivity index (χ2v) is 3.77. The van der Waals surface area contributed by atoms with Crippen molar-refractivity contribution in [2.75, 3.05) is 7.11 Å². The van der Waals surface area contributed by atoms with Crippen molar-refractivity contribution in [1.29, 1.82) is 0 Å². The minimum absolute atomic E-state index is 0.179. The highest BCUT2D eigenvalue weighted by atomic mass is 16.5. The van der Waals surface area contributed by atoms with E-state index in [2.05, 4.69) is 9.97 Å². The van der Waals surface area contributed by atoms with E-state index in [1.807, 2.05) is 18.2 Å². The van der Waals surface area contributed by atoms with Crippen LogP contribution in [0.1, 0.15) is 19.2 Å². The van der Waals surface area contributed by atoms with Crippen LogP contribution in [0.25, 0.3) is 11.0 Å². The van der Waals surface area contributed by atoms with E-state index in [0.717, 1.165) is 22.6 Å². The number of nitrogens with zero attached hydrogens (tertiary/aromatic N) is 1. The van der Waals surface area contributed by atoms with E-state index in [9.17, 15) is 4.79 Å². The van der Waals surface area contributed by atoms with Crippen LogP contribution in [0.3, 0.4) is 0 Å². The first-order valence-electron chi connectivity index (χ1n) is 5.21. The molecule has 16 heavy (non-hydrogen) atoms. The number of ether oxygens (including phenoxy) is 1. The van der Waals surface area contributed by atoms with E-state index in [-0.39, 0.29) is 5.78 Å². The van der Waals surface area contributed by atoms with Crippen LogP contribution in [0.15, 0.2) is 18.2 Å². The number of hydrogen-bond acceptors (Lipinski definition) is 3. The maximum absolute atomic E-state index is 10.9. The number of Topliss-reactive ketones (excluding diaryl/α,β-unsaturated/α-hetero) is 1. The Bertz CT molecular complexity index is 517. The molecule has 0 atom stereocenters. The topological polar surface area (TPSA) is 55.0 Å². The van der Waals surface area contributed by atoms with Gasteiger partial charge in [0.1, 0.15) is 17.4 Å². The Kier molecular flexibility index (Phi) is 2.90. The predicted molar refractivity (Wildman–Crippen MR) is 61.6 cm³/mol. The molecule has 0 saturated carbocycles. The van der Waals surface area contributed by atoms with Gasteiger partial charge in [-0.1, -0.05) is 0 Å². The van der Waals surface area contributed by atoms with Crippen molar-refractivity contribution in [2.45, 2.75) is 19.8 Å². The summed E-state index contributed by atoms with van der Waals surface area (Å²) in [4.78, 5) is 18.5. The van der Waals surface area contributed by atoms with Crippen LogP contribution >= 0.6 is 0 Å². The lowest BCUT2D eigenvalue weighted by Crippen LogP contribution is -1.95. The third-order valence-electron chi connectivity index (χ3n) is 2.45. The molecule has 1 aromatic heterocycles. The Morgan fingerprint density at radius 1 is 1.50 bits per heavy atom. The van der Waals surface area contributed by atoms with Gasteiger partial charge < -0.3 is 14.5 Å². The largest absolute Gasteiger partial charge is 0.497 e. The van der Waals surface area contributed by atoms with Crippen LogP contribution in [-0.2, 0) is 11.2 Å². The first-order chi connectivity index (χ1) is 7.69. The van der Waals surface area contributed by atoms with E-state index in [1.54, 1.807) is 14.0 Å². The number of benzene rings is 1. The van der Waals surface area contributed by atoms with Gasteiger partial charge in [-0.05, 0) is 19.1 Å². The summed E-state index contributed by atoms with van der Waals surface area (Å²) in [6.45, 7) is 1.59. The maximum Gasteiger partial charge on any atom is 0.130 e. The molecule has 4 nitrogen and oxygen atoms in total. The van der Waals surface area contributed by atoms with Crippen LogP contribution in [0.2, 0.25) is 0 Å². The van der Waals surface area contributed by atoms with Crippen LogP contribution in [0, 0.1) is 0 Å². The van der Waals surface area contributed by atoms with Crippen LogP contribution < -0.4 is 4.74 Å². The molecule has 0 amide bonds.